The third-order valence-electron chi connectivity index (χ3n) is 2.22. The zero-order valence-corrected chi connectivity index (χ0v) is 14.5. The molecule has 114 valence electrons. The quantitative estimate of drug-likeness (QED) is 0.623. The maximum atomic E-state index is 12.5. The maximum Gasteiger partial charge on any atom is 0.402 e. The van der Waals surface area contributed by atoms with Crippen molar-refractivity contribution in [2.45, 2.75) is 11.1 Å². The van der Waals surface area contributed by atoms with E-state index in [1.165, 1.54) is 18.2 Å². The van der Waals surface area contributed by atoms with E-state index in [4.69, 9.17) is 11.6 Å². The minimum absolute atomic E-state index is 0.0943. The first-order chi connectivity index (χ1) is 9.08. The lowest BCUT2D eigenvalue weighted by Gasteiger charge is -2.22. The van der Waals surface area contributed by atoms with Gasteiger partial charge in [-0.2, -0.15) is 17.5 Å². The zero-order valence-electron chi connectivity index (χ0n) is 9.79. The van der Waals surface area contributed by atoms with Crippen LogP contribution in [0, 0.1) is 0 Å². The first kappa shape index (κ1) is 18.2. The summed E-state index contributed by atoms with van der Waals surface area (Å²) in [4.78, 5) is -0.251. The molecule has 0 atom stereocenters. The van der Waals surface area contributed by atoms with Crippen LogP contribution in [-0.4, -0.2) is 37.3 Å². The topological polar surface area (TPSA) is 37.4 Å². The summed E-state index contributed by atoms with van der Waals surface area (Å²) in [6.45, 7) is -1.83. The predicted molar refractivity (Wildman–Crippen MR) is 77.8 cm³/mol. The molecule has 1 rings (SSSR count). The standard InChI is InChI=1S/C10H9Br2ClF3NO2S/c11-3-4-17(6-10(14,15)16)20(18,19)7-1-2-9(13)8(12)5-7/h1-2,5H,3-4,6H2. The van der Waals surface area contributed by atoms with Gasteiger partial charge in [-0.15, -0.1) is 0 Å². The summed E-state index contributed by atoms with van der Waals surface area (Å²) >= 11 is 11.7. The molecule has 0 radical (unpaired) electrons. The van der Waals surface area contributed by atoms with Crippen molar-refractivity contribution in [3.05, 3.63) is 27.7 Å². The van der Waals surface area contributed by atoms with E-state index < -0.39 is 22.7 Å². The second-order valence-corrected chi connectivity index (χ2v) is 7.71. The van der Waals surface area contributed by atoms with Gasteiger partial charge in [0.15, 0.2) is 0 Å². The van der Waals surface area contributed by atoms with E-state index in [0.29, 0.717) is 8.78 Å². The molecule has 0 N–H and O–H groups in total. The molecule has 1 aromatic carbocycles. The fraction of sp³-hybridized carbons (Fsp3) is 0.400. The number of hydrogen-bond donors (Lipinski definition) is 0. The fourth-order valence-corrected chi connectivity index (χ4v) is 4.13. The molecule has 0 unspecified atom stereocenters. The van der Waals surface area contributed by atoms with Gasteiger partial charge in [0.2, 0.25) is 10.0 Å². The second kappa shape index (κ2) is 6.95. The van der Waals surface area contributed by atoms with E-state index in [2.05, 4.69) is 31.9 Å². The molecule has 20 heavy (non-hydrogen) atoms. The van der Waals surface area contributed by atoms with Gasteiger partial charge < -0.3 is 0 Å². The molecule has 0 bridgehead atoms. The van der Waals surface area contributed by atoms with Crippen LogP contribution in [-0.2, 0) is 10.0 Å². The SMILES string of the molecule is O=S(=O)(c1ccc(Cl)c(Br)c1)N(CCBr)CC(F)(F)F. The van der Waals surface area contributed by atoms with E-state index in [-0.39, 0.29) is 21.8 Å². The minimum atomic E-state index is -4.61. The van der Waals surface area contributed by atoms with Crippen LogP contribution in [0.25, 0.3) is 0 Å². The normalized spacial score (nSPS) is 12.9. The highest BCUT2D eigenvalue weighted by Crippen LogP contribution is 2.28. The van der Waals surface area contributed by atoms with Crippen molar-refractivity contribution in [1.82, 2.24) is 4.31 Å². The summed E-state index contributed by atoms with van der Waals surface area (Å²) in [6.07, 6.45) is -4.61. The molecule has 0 fully saturated rings. The molecule has 3 nitrogen and oxygen atoms in total. The summed E-state index contributed by atoms with van der Waals surface area (Å²) in [5, 5.41) is 0.365. The first-order valence-corrected chi connectivity index (χ1v) is 8.89. The molecular formula is C10H9Br2ClF3NO2S. The highest BCUT2D eigenvalue weighted by molar-refractivity contribution is 9.10. The average molecular weight is 460 g/mol. The van der Waals surface area contributed by atoms with Gasteiger partial charge in [0.05, 0.1) is 9.92 Å². The smallest absolute Gasteiger partial charge is 0.207 e. The second-order valence-electron chi connectivity index (χ2n) is 3.72. The number of sulfonamides is 1. The van der Waals surface area contributed by atoms with E-state index in [1.807, 2.05) is 0 Å². The molecule has 0 aliphatic carbocycles. The Kier molecular flexibility index (Phi) is 6.33. The summed E-state index contributed by atoms with van der Waals surface area (Å²) in [6, 6.07) is 3.65. The van der Waals surface area contributed by atoms with Crippen LogP contribution in [0.3, 0.4) is 0 Å². The van der Waals surface area contributed by atoms with Crippen molar-refractivity contribution < 1.29 is 21.6 Å². The van der Waals surface area contributed by atoms with Gasteiger partial charge in [-0.05, 0) is 34.1 Å². The fourth-order valence-electron chi connectivity index (χ4n) is 1.36. The third-order valence-corrected chi connectivity index (χ3v) is 5.63. The minimum Gasteiger partial charge on any atom is -0.207 e. The van der Waals surface area contributed by atoms with Crippen molar-refractivity contribution in [2.24, 2.45) is 0 Å². The largest absolute Gasteiger partial charge is 0.402 e. The summed E-state index contributed by atoms with van der Waals surface area (Å²) in [5.74, 6) is 0. The number of alkyl halides is 4. The van der Waals surface area contributed by atoms with Gasteiger partial charge in [-0.1, -0.05) is 27.5 Å². The lowest BCUT2D eigenvalue weighted by Crippen LogP contribution is -2.40. The van der Waals surface area contributed by atoms with E-state index >= 15 is 0 Å². The number of nitrogens with zero attached hydrogens (tertiary/aromatic N) is 1. The molecule has 0 aliphatic heterocycles. The van der Waals surface area contributed by atoms with E-state index in [0.717, 1.165) is 0 Å². The Morgan fingerprint density at radius 1 is 1.30 bits per heavy atom. The number of hydrogen-bond acceptors (Lipinski definition) is 2. The van der Waals surface area contributed by atoms with Crippen LogP contribution in [0.4, 0.5) is 13.2 Å². The Labute approximate surface area is 136 Å². The molecule has 0 aliphatic rings. The average Bonchev–Trinajstić information content (AvgIpc) is 2.30. The van der Waals surface area contributed by atoms with Crippen molar-refractivity contribution >= 4 is 53.5 Å². The molecule has 0 amide bonds. The van der Waals surface area contributed by atoms with Gasteiger partial charge in [-0.25, -0.2) is 8.42 Å². The van der Waals surface area contributed by atoms with Crippen molar-refractivity contribution in [3.8, 4) is 0 Å². The van der Waals surface area contributed by atoms with Crippen LogP contribution < -0.4 is 0 Å². The molecule has 0 heterocycles. The van der Waals surface area contributed by atoms with Crippen molar-refractivity contribution in [3.63, 3.8) is 0 Å². The monoisotopic (exact) mass is 457 g/mol. The third kappa shape index (κ3) is 4.87. The Balaban J connectivity index is 3.18. The summed E-state index contributed by atoms with van der Waals surface area (Å²) in [5.41, 5.74) is 0. The van der Waals surface area contributed by atoms with Gasteiger partial charge in [-0.3, -0.25) is 0 Å². The number of halogens is 6. The molecule has 0 aromatic heterocycles. The van der Waals surface area contributed by atoms with Gasteiger partial charge in [0.25, 0.3) is 0 Å². The van der Waals surface area contributed by atoms with Crippen molar-refractivity contribution in [1.29, 1.82) is 0 Å². The zero-order chi connectivity index (χ0) is 15.6. The molecule has 10 heteroatoms. The highest BCUT2D eigenvalue weighted by Gasteiger charge is 2.36. The molecule has 0 saturated heterocycles. The van der Waals surface area contributed by atoms with Crippen LogP contribution in [0.5, 0.6) is 0 Å². The molecule has 1 aromatic rings. The van der Waals surface area contributed by atoms with Crippen molar-refractivity contribution in [2.75, 3.05) is 18.4 Å². The first-order valence-electron chi connectivity index (χ1n) is 5.16. The number of rotatable bonds is 5. The van der Waals surface area contributed by atoms with Crippen LogP contribution >= 0.6 is 43.5 Å². The molecule has 0 spiro atoms. The van der Waals surface area contributed by atoms with Crippen LogP contribution in [0.2, 0.25) is 5.02 Å². The molecular weight excluding hydrogens is 450 g/mol. The maximum absolute atomic E-state index is 12.5. The van der Waals surface area contributed by atoms with Gasteiger partial charge in [0, 0.05) is 16.3 Å². The van der Waals surface area contributed by atoms with E-state index in [9.17, 15) is 21.6 Å². The van der Waals surface area contributed by atoms with Crippen LogP contribution in [0.15, 0.2) is 27.6 Å². The Bertz CT molecular complexity index is 580. The Hall–Kier alpha value is 0.170. The predicted octanol–water partition coefficient (Wildman–Crippen LogP) is 4.05. The molecule has 0 saturated carbocycles. The highest BCUT2D eigenvalue weighted by atomic mass is 79.9. The lowest BCUT2D eigenvalue weighted by atomic mass is 10.4. The summed E-state index contributed by atoms with van der Waals surface area (Å²) in [7, 11) is -4.24. The number of benzene rings is 1. The summed E-state index contributed by atoms with van der Waals surface area (Å²) < 4.78 is 62.5. The van der Waals surface area contributed by atoms with E-state index in [1.54, 1.807) is 0 Å². The van der Waals surface area contributed by atoms with Crippen LogP contribution in [0.1, 0.15) is 0 Å². The Morgan fingerprint density at radius 2 is 1.90 bits per heavy atom. The van der Waals surface area contributed by atoms with Gasteiger partial charge in [0.1, 0.15) is 6.54 Å². The lowest BCUT2D eigenvalue weighted by molar-refractivity contribution is -0.135. The Morgan fingerprint density at radius 3 is 2.35 bits per heavy atom. The van der Waals surface area contributed by atoms with Gasteiger partial charge >= 0.3 is 6.18 Å².